The zero-order valence-corrected chi connectivity index (χ0v) is 16.4. The van der Waals surface area contributed by atoms with E-state index in [9.17, 15) is 14.9 Å². The van der Waals surface area contributed by atoms with Crippen molar-refractivity contribution >= 4 is 47.1 Å². The fourth-order valence-electron chi connectivity index (χ4n) is 1.81. The van der Waals surface area contributed by atoms with Gasteiger partial charge in [-0.3, -0.25) is 14.9 Å². The van der Waals surface area contributed by atoms with Crippen molar-refractivity contribution in [3.05, 3.63) is 45.0 Å². The first-order valence-electron chi connectivity index (χ1n) is 7.24. The molecule has 10 heteroatoms. The number of rotatable bonds is 7. The number of nitro groups is 1. The molecule has 0 aliphatic heterocycles. The number of aryl methyl sites for hydroxylation is 1. The third-order valence-corrected chi connectivity index (χ3v) is 5.40. The Kier molecular flexibility index (Phi) is 8.30. The van der Waals surface area contributed by atoms with Gasteiger partial charge in [-0.1, -0.05) is 11.8 Å². The standard InChI is InChI=1S/C15H18N4O3S2.ClH/c1-9(16-3)7-17-14(20)11-4-5-13(12(6-11)19(21)22)24-15-18-10(2)8-23-15;/h4-6,8-9,16H,7H2,1-3H3,(H,17,20);1H. The van der Waals surface area contributed by atoms with Gasteiger partial charge in [-0.2, -0.15) is 0 Å². The third kappa shape index (κ3) is 5.96. The van der Waals surface area contributed by atoms with Gasteiger partial charge in [0, 0.05) is 35.3 Å². The van der Waals surface area contributed by atoms with E-state index in [1.165, 1.54) is 29.2 Å². The minimum absolute atomic E-state index is 0. The molecule has 1 unspecified atom stereocenters. The molecule has 136 valence electrons. The predicted octanol–water partition coefficient (Wildman–Crippen LogP) is 3.27. The molecule has 1 amide bonds. The second kappa shape index (κ2) is 9.71. The first kappa shape index (κ1) is 21.4. The molecular weight excluding hydrogens is 384 g/mol. The quantitative estimate of drug-likeness (QED) is 0.545. The molecular formula is C15H19ClN4O3S2. The van der Waals surface area contributed by atoms with Gasteiger partial charge in [0.2, 0.25) is 0 Å². The molecule has 0 aliphatic rings. The Morgan fingerprint density at radius 2 is 2.20 bits per heavy atom. The number of amides is 1. The van der Waals surface area contributed by atoms with Crippen LogP contribution >= 0.6 is 35.5 Å². The fraction of sp³-hybridized carbons (Fsp3) is 0.333. The van der Waals surface area contributed by atoms with Crippen molar-refractivity contribution in [2.75, 3.05) is 13.6 Å². The molecule has 2 aromatic rings. The zero-order chi connectivity index (χ0) is 17.7. The molecule has 0 saturated heterocycles. The third-order valence-electron chi connectivity index (χ3n) is 3.27. The van der Waals surface area contributed by atoms with Crippen molar-refractivity contribution in [2.24, 2.45) is 0 Å². The Labute approximate surface area is 160 Å². The number of benzene rings is 1. The lowest BCUT2D eigenvalue weighted by atomic mass is 10.2. The van der Waals surface area contributed by atoms with Gasteiger partial charge < -0.3 is 10.6 Å². The van der Waals surface area contributed by atoms with Crippen LogP contribution < -0.4 is 10.6 Å². The fourth-order valence-corrected chi connectivity index (χ4v) is 3.69. The van der Waals surface area contributed by atoms with Crippen LogP contribution in [0.5, 0.6) is 0 Å². The van der Waals surface area contributed by atoms with E-state index in [4.69, 9.17) is 0 Å². The van der Waals surface area contributed by atoms with Crippen LogP contribution in [0, 0.1) is 17.0 Å². The van der Waals surface area contributed by atoms with Crippen LogP contribution in [0.2, 0.25) is 0 Å². The van der Waals surface area contributed by atoms with Crippen LogP contribution in [-0.4, -0.2) is 35.4 Å². The monoisotopic (exact) mass is 402 g/mol. The van der Waals surface area contributed by atoms with Crippen molar-refractivity contribution < 1.29 is 9.72 Å². The molecule has 0 saturated carbocycles. The molecule has 1 atom stereocenters. The highest BCUT2D eigenvalue weighted by atomic mass is 35.5. The highest BCUT2D eigenvalue weighted by Gasteiger charge is 2.19. The summed E-state index contributed by atoms with van der Waals surface area (Å²) in [5.41, 5.74) is 1.05. The van der Waals surface area contributed by atoms with E-state index in [1.807, 2.05) is 19.2 Å². The summed E-state index contributed by atoms with van der Waals surface area (Å²) in [6.45, 7) is 4.24. The van der Waals surface area contributed by atoms with Gasteiger partial charge in [0.15, 0.2) is 4.34 Å². The maximum absolute atomic E-state index is 12.1. The van der Waals surface area contributed by atoms with E-state index in [-0.39, 0.29) is 35.6 Å². The number of carbonyl (C=O) groups is 1. The normalized spacial score (nSPS) is 11.5. The summed E-state index contributed by atoms with van der Waals surface area (Å²) in [6, 6.07) is 4.61. The molecule has 2 N–H and O–H groups in total. The summed E-state index contributed by atoms with van der Waals surface area (Å²) in [6.07, 6.45) is 0. The average Bonchev–Trinajstić information content (AvgIpc) is 2.97. The first-order chi connectivity index (χ1) is 11.4. The summed E-state index contributed by atoms with van der Waals surface area (Å²) in [5, 5.41) is 19.0. The van der Waals surface area contributed by atoms with Gasteiger partial charge in [0.1, 0.15) is 0 Å². The smallest absolute Gasteiger partial charge is 0.284 e. The Morgan fingerprint density at radius 1 is 1.48 bits per heavy atom. The van der Waals surface area contributed by atoms with Crippen LogP contribution in [0.4, 0.5) is 5.69 Å². The van der Waals surface area contributed by atoms with Gasteiger partial charge in [0.05, 0.1) is 9.82 Å². The number of hydrogen-bond acceptors (Lipinski definition) is 7. The van der Waals surface area contributed by atoms with Crippen molar-refractivity contribution in [3.8, 4) is 0 Å². The number of likely N-dealkylation sites (N-methyl/N-ethyl adjacent to an activating group) is 1. The lowest BCUT2D eigenvalue weighted by Crippen LogP contribution is -2.37. The molecule has 1 heterocycles. The SMILES string of the molecule is CNC(C)CNC(=O)c1ccc(Sc2nc(C)cs2)c([N+](=O)[O-])c1.Cl. The van der Waals surface area contributed by atoms with E-state index >= 15 is 0 Å². The highest BCUT2D eigenvalue weighted by Crippen LogP contribution is 2.36. The van der Waals surface area contributed by atoms with Crippen LogP contribution in [-0.2, 0) is 0 Å². The maximum atomic E-state index is 12.1. The minimum Gasteiger partial charge on any atom is -0.350 e. The molecule has 0 bridgehead atoms. The van der Waals surface area contributed by atoms with Crippen molar-refractivity contribution in [1.82, 2.24) is 15.6 Å². The molecule has 0 aliphatic carbocycles. The number of halogens is 1. The lowest BCUT2D eigenvalue weighted by Gasteiger charge is -2.11. The van der Waals surface area contributed by atoms with Crippen molar-refractivity contribution in [1.29, 1.82) is 0 Å². The van der Waals surface area contributed by atoms with E-state index in [0.29, 0.717) is 11.4 Å². The summed E-state index contributed by atoms with van der Waals surface area (Å²) >= 11 is 2.66. The number of nitrogens with zero attached hydrogens (tertiary/aromatic N) is 2. The van der Waals surface area contributed by atoms with E-state index < -0.39 is 4.92 Å². The molecule has 0 fully saturated rings. The zero-order valence-electron chi connectivity index (χ0n) is 13.9. The van der Waals surface area contributed by atoms with Gasteiger partial charge in [-0.05, 0) is 33.0 Å². The lowest BCUT2D eigenvalue weighted by molar-refractivity contribution is -0.387. The number of hydrogen-bond donors (Lipinski definition) is 2. The van der Waals surface area contributed by atoms with Gasteiger partial charge >= 0.3 is 0 Å². The van der Waals surface area contributed by atoms with E-state index in [2.05, 4.69) is 15.6 Å². The Hall–Kier alpha value is -1.68. The van der Waals surface area contributed by atoms with Gasteiger partial charge in [-0.15, -0.1) is 23.7 Å². The second-order valence-electron chi connectivity index (χ2n) is 5.20. The topological polar surface area (TPSA) is 97.2 Å². The van der Waals surface area contributed by atoms with E-state index in [1.54, 1.807) is 19.2 Å². The highest BCUT2D eigenvalue weighted by molar-refractivity contribution is 8.01. The average molecular weight is 403 g/mol. The molecule has 2 rings (SSSR count). The molecule has 25 heavy (non-hydrogen) atoms. The molecule has 7 nitrogen and oxygen atoms in total. The van der Waals surface area contributed by atoms with Crippen LogP contribution in [0.25, 0.3) is 0 Å². The van der Waals surface area contributed by atoms with Crippen LogP contribution in [0.3, 0.4) is 0 Å². The largest absolute Gasteiger partial charge is 0.350 e. The Bertz CT molecular complexity index is 754. The van der Waals surface area contributed by atoms with Crippen LogP contribution in [0.15, 0.2) is 32.8 Å². The first-order valence-corrected chi connectivity index (χ1v) is 8.94. The molecule has 0 radical (unpaired) electrons. The Morgan fingerprint density at radius 3 is 2.76 bits per heavy atom. The number of nitro benzene ring substituents is 1. The van der Waals surface area contributed by atoms with Gasteiger partial charge in [0.25, 0.3) is 11.6 Å². The minimum atomic E-state index is -0.476. The van der Waals surface area contributed by atoms with E-state index in [0.717, 1.165) is 10.0 Å². The molecule has 0 spiro atoms. The van der Waals surface area contributed by atoms with Crippen molar-refractivity contribution in [2.45, 2.75) is 29.1 Å². The summed E-state index contributed by atoms with van der Waals surface area (Å²) in [4.78, 5) is 27.8. The Balaban J connectivity index is 0.00000312. The molecule has 1 aromatic carbocycles. The summed E-state index contributed by atoms with van der Waals surface area (Å²) in [7, 11) is 1.80. The summed E-state index contributed by atoms with van der Waals surface area (Å²) in [5.74, 6) is -0.332. The van der Waals surface area contributed by atoms with Crippen LogP contribution in [0.1, 0.15) is 23.0 Å². The number of carbonyl (C=O) groups excluding carboxylic acids is 1. The van der Waals surface area contributed by atoms with Gasteiger partial charge in [-0.25, -0.2) is 4.98 Å². The predicted molar refractivity (Wildman–Crippen MR) is 102 cm³/mol. The number of nitrogens with one attached hydrogen (secondary N) is 2. The number of thiazole rings is 1. The maximum Gasteiger partial charge on any atom is 0.284 e. The van der Waals surface area contributed by atoms with Crippen molar-refractivity contribution in [3.63, 3.8) is 0 Å². The second-order valence-corrected chi connectivity index (χ2v) is 7.34. The number of aromatic nitrogens is 1. The molecule has 1 aromatic heterocycles. The summed E-state index contributed by atoms with van der Waals surface area (Å²) < 4.78 is 0.732.